The highest BCUT2D eigenvalue weighted by Crippen LogP contribution is 2.27. The molecular formula is C23H26FN5O3. The van der Waals surface area contributed by atoms with E-state index in [0.717, 1.165) is 24.0 Å². The lowest BCUT2D eigenvalue weighted by molar-refractivity contribution is -0.137. The van der Waals surface area contributed by atoms with E-state index in [1.807, 2.05) is 6.07 Å². The number of nitrogens with zero attached hydrogens (tertiary/aromatic N) is 3. The summed E-state index contributed by atoms with van der Waals surface area (Å²) in [5.74, 6) is -1.29. The molecule has 1 heterocycles. The van der Waals surface area contributed by atoms with Gasteiger partial charge in [0.1, 0.15) is 5.82 Å². The number of carbonyl (C=O) groups is 2. The molecule has 0 aliphatic rings. The van der Waals surface area contributed by atoms with Crippen LogP contribution in [0, 0.1) is 5.82 Å². The zero-order valence-corrected chi connectivity index (χ0v) is 17.6. The Labute approximate surface area is 185 Å². The number of anilines is 2. The summed E-state index contributed by atoms with van der Waals surface area (Å²) in [5, 5.41) is 19.6. The molecule has 1 amide bonds. The number of nitrogens with one attached hydrogen (secondary N) is 1. The summed E-state index contributed by atoms with van der Waals surface area (Å²) in [6.07, 6.45) is 4.90. The highest BCUT2D eigenvalue weighted by atomic mass is 19.1. The Kier molecular flexibility index (Phi) is 7.91. The lowest BCUT2D eigenvalue weighted by atomic mass is 10.0. The van der Waals surface area contributed by atoms with Crippen LogP contribution in [0.5, 0.6) is 0 Å². The Hall–Kier alpha value is -3.75. The summed E-state index contributed by atoms with van der Waals surface area (Å²) in [4.78, 5) is 22.9. The van der Waals surface area contributed by atoms with Crippen LogP contribution in [0.15, 0.2) is 48.7 Å². The van der Waals surface area contributed by atoms with Crippen molar-refractivity contribution in [3.05, 3.63) is 60.2 Å². The summed E-state index contributed by atoms with van der Waals surface area (Å²) in [7, 11) is 0. The SMILES string of the molecule is Nc1ccc(-c2ccc(F)cc2)cc1NC(=O)CCc1cn(CCCCCC(=O)O)nn1. The van der Waals surface area contributed by atoms with Crippen molar-refractivity contribution >= 4 is 23.3 Å². The quantitative estimate of drug-likeness (QED) is 0.308. The summed E-state index contributed by atoms with van der Waals surface area (Å²) >= 11 is 0. The Morgan fingerprint density at radius 1 is 1.03 bits per heavy atom. The van der Waals surface area contributed by atoms with Gasteiger partial charge in [-0.25, -0.2) is 4.39 Å². The smallest absolute Gasteiger partial charge is 0.303 e. The van der Waals surface area contributed by atoms with E-state index >= 15 is 0 Å². The molecule has 0 saturated carbocycles. The number of hydrogen-bond acceptors (Lipinski definition) is 5. The molecule has 168 valence electrons. The van der Waals surface area contributed by atoms with Crippen LogP contribution >= 0.6 is 0 Å². The third-order valence-electron chi connectivity index (χ3n) is 4.98. The molecule has 0 spiro atoms. The molecule has 0 unspecified atom stereocenters. The van der Waals surface area contributed by atoms with E-state index in [1.165, 1.54) is 12.1 Å². The molecule has 9 heteroatoms. The van der Waals surface area contributed by atoms with E-state index in [4.69, 9.17) is 10.8 Å². The predicted molar refractivity (Wildman–Crippen MR) is 119 cm³/mol. The van der Waals surface area contributed by atoms with E-state index in [9.17, 15) is 14.0 Å². The van der Waals surface area contributed by atoms with Gasteiger partial charge in [0.2, 0.25) is 5.91 Å². The Morgan fingerprint density at radius 2 is 1.78 bits per heavy atom. The van der Waals surface area contributed by atoms with Gasteiger partial charge in [-0.1, -0.05) is 29.8 Å². The van der Waals surface area contributed by atoms with Gasteiger partial charge in [0.25, 0.3) is 0 Å². The van der Waals surface area contributed by atoms with Crippen molar-refractivity contribution in [1.82, 2.24) is 15.0 Å². The zero-order valence-electron chi connectivity index (χ0n) is 17.6. The molecule has 3 aromatic rings. The third-order valence-corrected chi connectivity index (χ3v) is 4.98. The first-order valence-corrected chi connectivity index (χ1v) is 10.5. The van der Waals surface area contributed by atoms with Gasteiger partial charge < -0.3 is 16.2 Å². The van der Waals surface area contributed by atoms with E-state index in [2.05, 4.69) is 15.6 Å². The monoisotopic (exact) mass is 439 g/mol. The van der Waals surface area contributed by atoms with Gasteiger partial charge in [-0.05, 0) is 48.2 Å². The molecule has 32 heavy (non-hydrogen) atoms. The number of amides is 1. The van der Waals surface area contributed by atoms with Crippen molar-refractivity contribution in [1.29, 1.82) is 0 Å². The number of unbranched alkanes of at least 4 members (excludes halogenated alkanes) is 2. The maximum absolute atomic E-state index is 13.2. The highest BCUT2D eigenvalue weighted by Gasteiger charge is 2.10. The van der Waals surface area contributed by atoms with Crippen LogP contribution < -0.4 is 11.1 Å². The van der Waals surface area contributed by atoms with Gasteiger partial charge in [0, 0.05) is 32.0 Å². The maximum Gasteiger partial charge on any atom is 0.303 e. The molecule has 0 fully saturated rings. The van der Waals surface area contributed by atoms with E-state index < -0.39 is 5.97 Å². The van der Waals surface area contributed by atoms with Crippen LogP contribution in [0.1, 0.15) is 37.8 Å². The first-order chi connectivity index (χ1) is 15.4. The standard InChI is InChI=1S/C23H26FN5O3/c24-18-8-5-16(6-9-18)17-7-11-20(25)21(14-17)26-22(30)12-10-19-15-29(28-27-19)13-3-1-2-4-23(31)32/h5-9,11,14-15H,1-4,10,12-13,25H2,(H,26,30)(H,31,32). The van der Waals surface area contributed by atoms with Gasteiger partial charge in [0.15, 0.2) is 0 Å². The van der Waals surface area contributed by atoms with Crippen LogP contribution in [0.2, 0.25) is 0 Å². The molecule has 0 aliphatic carbocycles. The Balaban J connectivity index is 1.49. The zero-order chi connectivity index (χ0) is 22.9. The van der Waals surface area contributed by atoms with E-state index in [0.29, 0.717) is 36.5 Å². The molecule has 2 aromatic carbocycles. The Morgan fingerprint density at radius 3 is 2.53 bits per heavy atom. The second-order valence-electron chi connectivity index (χ2n) is 7.53. The second kappa shape index (κ2) is 11.0. The molecule has 0 atom stereocenters. The number of aryl methyl sites for hydroxylation is 2. The average molecular weight is 439 g/mol. The number of nitrogens with two attached hydrogens (primary N) is 1. The van der Waals surface area contributed by atoms with Gasteiger partial charge >= 0.3 is 5.97 Å². The van der Waals surface area contributed by atoms with Crippen LogP contribution in [0.3, 0.4) is 0 Å². The number of aliphatic carboxylic acids is 1. The van der Waals surface area contributed by atoms with Crippen molar-refractivity contribution in [2.45, 2.75) is 45.1 Å². The molecule has 0 aliphatic heterocycles. The molecule has 0 radical (unpaired) electrons. The first kappa shape index (κ1) is 22.9. The maximum atomic E-state index is 13.2. The molecule has 4 N–H and O–H groups in total. The van der Waals surface area contributed by atoms with Gasteiger partial charge in [-0.15, -0.1) is 5.10 Å². The molecule has 0 bridgehead atoms. The molecule has 3 rings (SSSR count). The number of carboxylic acids is 1. The second-order valence-corrected chi connectivity index (χ2v) is 7.53. The molecule has 1 aromatic heterocycles. The fourth-order valence-corrected chi connectivity index (χ4v) is 3.23. The van der Waals surface area contributed by atoms with Crippen LogP contribution in [-0.2, 0) is 22.6 Å². The number of hydrogen-bond donors (Lipinski definition) is 3. The summed E-state index contributed by atoms with van der Waals surface area (Å²) < 4.78 is 14.9. The number of nitrogen functional groups attached to an aromatic ring is 1. The fraction of sp³-hybridized carbons (Fsp3) is 0.304. The predicted octanol–water partition coefficient (Wildman–Crippen LogP) is 3.88. The summed E-state index contributed by atoms with van der Waals surface area (Å²) in [5.41, 5.74) is 9.29. The topological polar surface area (TPSA) is 123 Å². The third kappa shape index (κ3) is 6.90. The van der Waals surface area contributed by atoms with E-state index in [1.54, 1.807) is 35.1 Å². The molecular weight excluding hydrogens is 413 g/mol. The number of halogens is 1. The number of aromatic nitrogens is 3. The van der Waals surface area contributed by atoms with Crippen molar-refractivity contribution in [2.24, 2.45) is 0 Å². The largest absolute Gasteiger partial charge is 0.481 e. The minimum absolute atomic E-state index is 0.176. The van der Waals surface area contributed by atoms with Crippen LogP contribution in [0.25, 0.3) is 11.1 Å². The number of benzene rings is 2. The fourth-order valence-electron chi connectivity index (χ4n) is 3.23. The van der Waals surface area contributed by atoms with Crippen molar-refractivity contribution < 1.29 is 19.1 Å². The first-order valence-electron chi connectivity index (χ1n) is 10.5. The van der Waals surface area contributed by atoms with Crippen molar-refractivity contribution in [2.75, 3.05) is 11.1 Å². The van der Waals surface area contributed by atoms with Crippen molar-refractivity contribution in [3.63, 3.8) is 0 Å². The number of rotatable bonds is 11. The summed E-state index contributed by atoms with van der Waals surface area (Å²) in [6.45, 7) is 0.658. The normalized spacial score (nSPS) is 10.8. The highest BCUT2D eigenvalue weighted by molar-refractivity contribution is 5.95. The molecule has 8 nitrogen and oxygen atoms in total. The number of carbonyl (C=O) groups excluding carboxylic acids is 1. The van der Waals surface area contributed by atoms with Crippen LogP contribution in [0.4, 0.5) is 15.8 Å². The average Bonchev–Trinajstić information content (AvgIpc) is 3.22. The van der Waals surface area contributed by atoms with Crippen molar-refractivity contribution in [3.8, 4) is 11.1 Å². The minimum atomic E-state index is -0.782. The summed E-state index contributed by atoms with van der Waals surface area (Å²) in [6, 6.07) is 11.4. The lowest BCUT2D eigenvalue weighted by Crippen LogP contribution is -2.13. The molecule has 0 saturated heterocycles. The van der Waals surface area contributed by atoms with E-state index in [-0.39, 0.29) is 24.6 Å². The lowest BCUT2D eigenvalue weighted by Gasteiger charge is -2.10. The minimum Gasteiger partial charge on any atom is -0.481 e. The van der Waals surface area contributed by atoms with Gasteiger partial charge in [-0.2, -0.15) is 0 Å². The van der Waals surface area contributed by atoms with Crippen LogP contribution in [-0.4, -0.2) is 32.0 Å². The Bertz CT molecular complexity index is 1070. The van der Waals surface area contributed by atoms with Gasteiger partial charge in [0.05, 0.1) is 17.1 Å². The van der Waals surface area contributed by atoms with Gasteiger partial charge in [-0.3, -0.25) is 14.3 Å². The number of carboxylic acid groups (broad SMARTS) is 1.